The summed E-state index contributed by atoms with van der Waals surface area (Å²) in [5, 5.41) is 5.46. The van der Waals surface area contributed by atoms with E-state index in [0.717, 1.165) is 6.07 Å². The van der Waals surface area contributed by atoms with Crippen LogP contribution in [0.5, 0.6) is 0 Å². The first kappa shape index (κ1) is 18.4. The molecule has 0 fully saturated rings. The molecule has 140 valence electrons. The van der Waals surface area contributed by atoms with E-state index in [1.165, 1.54) is 0 Å². The quantitative estimate of drug-likeness (QED) is 0.513. The number of amides is 1. The highest BCUT2D eigenvalue weighted by Gasteiger charge is 2.18. The molecule has 27 heavy (non-hydrogen) atoms. The van der Waals surface area contributed by atoms with Gasteiger partial charge in [-0.25, -0.2) is 23.1 Å². The lowest BCUT2D eigenvalue weighted by molar-refractivity contribution is 0.0950. The van der Waals surface area contributed by atoms with Gasteiger partial charge in [0.25, 0.3) is 5.91 Å². The number of aromatic nitrogens is 3. The monoisotopic (exact) mass is 375 g/mol. The van der Waals surface area contributed by atoms with E-state index in [2.05, 4.69) is 20.6 Å². The van der Waals surface area contributed by atoms with Crippen LogP contribution in [0.15, 0.2) is 42.7 Å². The lowest BCUT2D eigenvalue weighted by Crippen LogP contribution is -2.30. The molecule has 1 aromatic carbocycles. The summed E-state index contributed by atoms with van der Waals surface area (Å²) in [6.07, 6.45) is 3.70. The number of nitrogens with one attached hydrogen (secondary N) is 2. The Bertz CT molecular complexity index is 960. The molecule has 3 aromatic rings. The van der Waals surface area contributed by atoms with Gasteiger partial charge in [0.05, 0.1) is 5.56 Å². The van der Waals surface area contributed by atoms with Crippen molar-refractivity contribution in [3.63, 3.8) is 0 Å². The van der Waals surface area contributed by atoms with Gasteiger partial charge in [-0.15, -0.1) is 0 Å². The van der Waals surface area contributed by atoms with Gasteiger partial charge in [-0.1, -0.05) is 0 Å². The van der Waals surface area contributed by atoms with Gasteiger partial charge in [-0.3, -0.25) is 4.79 Å². The number of rotatable bonds is 6. The van der Waals surface area contributed by atoms with Crippen LogP contribution in [0.2, 0.25) is 0 Å². The average Bonchev–Trinajstić information content (AvgIpc) is 3.17. The highest BCUT2D eigenvalue weighted by molar-refractivity contribution is 5.94. The van der Waals surface area contributed by atoms with E-state index >= 15 is 0 Å². The molecule has 6 nitrogen and oxygen atoms in total. The number of benzene rings is 1. The number of halogens is 3. The van der Waals surface area contributed by atoms with Crippen molar-refractivity contribution in [2.45, 2.75) is 6.92 Å². The van der Waals surface area contributed by atoms with Crippen molar-refractivity contribution in [3.8, 4) is 5.82 Å². The minimum absolute atomic E-state index is 0.124. The fourth-order valence-electron chi connectivity index (χ4n) is 2.43. The minimum Gasteiger partial charge on any atom is -0.368 e. The van der Waals surface area contributed by atoms with Gasteiger partial charge >= 0.3 is 0 Å². The predicted octanol–water partition coefficient (Wildman–Crippen LogP) is 2.83. The Morgan fingerprint density at radius 2 is 1.81 bits per heavy atom. The summed E-state index contributed by atoms with van der Waals surface area (Å²) >= 11 is 0. The topological polar surface area (TPSA) is 71.8 Å². The second kappa shape index (κ2) is 7.90. The molecule has 2 N–H and O–H groups in total. The van der Waals surface area contributed by atoms with Crippen molar-refractivity contribution < 1.29 is 18.0 Å². The molecule has 0 unspecified atom stereocenters. The Morgan fingerprint density at radius 3 is 2.56 bits per heavy atom. The lowest BCUT2D eigenvalue weighted by Gasteiger charge is -2.10. The van der Waals surface area contributed by atoms with Crippen LogP contribution in [0.25, 0.3) is 5.82 Å². The second-order valence-corrected chi connectivity index (χ2v) is 5.65. The first-order valence-corrected chi connectivity index (χ1v) is 8.10. The number of anilines is 1. The van der Waals surface area contributed by atoms with Crippen molar-refractivity contribution in [1.82, 2.24) is 19.9 Å². The van der Waals surface area contributed by atoms with Crippen molar-refractivity contribution in [1.29, 1.82) is 0 Å². The Balaban J connectivity index is 1.58. The van der Waals surface area contributed by atoms with Crippen LogP contribution in [0.3, 0.4) is 0 Å². The smallest absolute Gasteiger partial charge is 0.254 e. The maximum atomic E-state index is 13.6. The van der Waals surface area contributed by atoms with Crippen LogP contribution in [-0.4, -0.2) is 33.5 Å². The third-order valence-corrected chi connectivity index (χ3v) is 3.69. The largest absolute Gasteiger partial charge is 0.368 e. The summed E-state index contributed by atoms with van der Waals surface area (Å²) in [5.41, 5.74) is -0.554. The minimum atomic E-state index is -1.67. The van der Waals surface area contributed by atoms with Crippen LogP contribution in [0.1, 0.15) is 16.2 Å². The summed E-state index contributed by atoms with van der Waals surface area (Å²) in [6, 6.07) is 7.09. The standard InChI is InChI=1S/C18H16F3N5O/c1-11-24-14(10-15(25-11)26-8-2-3-9-26)22-6-7-23-18(27)12-4-5-13(19)17(21)16(12)20/h2-5,8-10H,6-7H2,1H3,(H,23,27)(H,22,24,25). The molecule has 0 aliphatic carbocycles. The fraction of sp³-hybridized carbons (Fsp3) is 0.167. The zero-order valence-electron chi connectivity index (χ0n) is 14.3. The summed E-state index contributed by atoms with van der Waals surface area (Å²) < 4.78 is 41.5. The van der Waals surface area contributed by atoms with Gasteiger partial charge in [0.15, 0.2) is 17.5 Å². The molecule has 0 aliphatic heterocycles. The number of hydrogen-bond acceptors (Lipinski definition) is 4. The molecule has 0 spiro atoms. The van der Waals surface area contributed by atoms with Crippen LogP contribution >= 0.6 is 0 Å². The first-order valence-electron chi connectivity index (χ1n) is 8.10. The van der Waals surface area contributed by atoms with E-state index in [-0.39, 0.29) is 6.54 Å². The zero-order valence-corrected chi connectivity index (χ0v) is 14.3. The first-order chi connectivity index (χ1) is 13.0. The maximum Gasteiger partial charge on any atom is 0.254 e. The van der Waals surface area contributed by atoms with E-state index in [1.807, 2.05) is 29.1 Å². The van der Waals surface area contributed by atoms with Crippen LogP contribution in [-0.2, 0) is 0 Å². The molecule has 2 aromatic heterocycles. The number of carbonyl (C=O) groups excluding carboxylic acids is 1. The van der Waals surface area contributed by atoms with E-state index < -0.39 is 28.9 Å². The summed E-state index contributed by atoms with van der Waals surface area (Å²) in [6.45, 7) is 2.17. The summed E-state index contributed by atoms with van der Waals surface area (Å²) in [7, 11) is 0. The third kappa shape index (κ3) is 4.25. The number of aryl methyl sites for hydroxylation is 1. The predicted molar refractivity (Wildman–Crippen MR) is 93.2 cm³/mol. The van der Waals surface area contributed by atoms with E-state index in [1.54, 1.807) is 13.0 Å². The third-order valence-electron chi connectivity index (χ3n) is 3.69. The number of hydrogen-bond donors (Lipinski definition) is 2. The molecule has 2 heterocycles. The molecular weight excluding hydrogens is 359 g/mol. The molecule has 0 saturated heterocycles. The van der Waals surface area contributed by atoms with Crippen molar-refractivity contribution in [2.24, 2.45) is 0 Å². The van der Waals surface area contributed by atoms with Crippen LogP contribution < -0.4 is 10.6 Å². The normalized spacial score (nSPS) is 10.7. The van der Waals surface area contributed by atoms with E-state index in [4.69, 9.17) is 0 Å². The highest BCUT2D eigenvalue weighted by atomic mass is 19.2. The zero-order chi connectivity index (χ0) is 19.4. The van der Waals surface area contributed by atoms with Gasteiger partial charge in [-0.05, 0) is 31.2 Å². The molecule has 1 amide bonds. The van der Waals surface area contributed by atoms with Crippen LogP contribution in [0, 0.1) is 24.4 Å². The van der Waals surface area contributed by atoms with Crippen molar-refractivity contribution >= 4 is 11.7 Å². The number of carbonyl (C=O) groups is 1. The highest BCUT2D eigenvalue weighted by Crippen LogP contribution is 2.15. The molecule has 0 aliphatic rings. The number of nitrogens with zero attached hydrogens (tertiary/aromatic N) is 3. The summed E-state index contributed by atoms with van der Waals surface area (Å²) in [5.74, 6) is -3.56. The van der Waals surface area contributed by atoms with E-state index in [9.17, 15) is 18.0 Å². The second-order valence-electron chi connectivity index (χ2n) is 5.65. The molecular formula is C18H16F3N5O. The van der Waals surface area contributed by atoms with Crippen molar-refractivity contribution in [3.05, 3.63) is 71.6 Å². The van der Waals surface area contributed by atoms with Gasteiger partial charge in [0, 0.05) is 31.5 Å². The fourth-order valence-corrected chi connectivity index (χ4v) is 2.43. The molecule has 0 saturated carbocycles. The molecule has 3 rings (SSSR count). The van der Waals surface area contributed by atoms with Gasteiger partial charge in [0.2, 0.25) is 0 Å². The molecule has 0 atom stereocenters. The molecule has 9 heteroatoms. The Morgan fingerprint density at radius 1 is 1.07 bits per heavy atom. The Kier molecular flexibility index (Phi) is 5.39. The Hall–Kier alpha value is -3.36. The molecule has 0 radical (unpaired) electrons. The SMILES string of the molecule is Cc1nc(NCCNC(=O)c2ccc(F)c(F)c2F)cc(-n2cccc2)n1. The Labute approximate surface area is 153 Å². The molecule has 0 bridgehead atoms. The summed E-state index contributed by atoms with van der Waals surface area (Å²) in [4.78, 5) is 20.5. The van der Waals surface area contributed by atoms with Gasteiger partial charge in [-0.2, -0.15) is 0 Å². The van der Waals surface area contributed by atoms with Gasteiger partial charge < -0.3 is 15.2 Å². The lowest BCUT2D eigenvalue weighted by atomic mass is 10.2. The average molecular weight is 375 g/mol. The van der Waals surface area contributed by atoms with Crippen molar-refractivity contribution in [2.75, 3.05) is 18.4 Å². The van der Waals surface area contributed by atoms with E-state index in [0.29, 0.717) is 30.1 Å². The van der Waals surface area contributed by atoms with Gasteiger partial charge in [0.1, 0.15) is 17.5 Å². The van der Waals surface area contributed by atoms with Crippen LogP contribution in [0.4, 0.5) is 19.0 Å². The maximum absolute atomic E-state index is 13.6.